The molecule has 3 aliphatic rings. The van der Waals surface area contributed by atoms with Crippen LogP contribution in [0.5, 0.6) is 5.75 Å². The van der Waals surface area contributed by atoms with Crippen molar-refractivity contribution in [1.29, 1.82) is 0 Å². The Morgan fingerprint density at radius 3 is 2.47 bits per heavy atom. The standard InChI is InChI=1S/C33H41N5O5/c1-5-37(25-9-10-25)18-24-17-26(15-20(2)22(24)4)38-29(39)16-21(3)31(33(38)43)35-34-28-8-6-7-27(32(28)42)23-11-13-36(14-12-23)19-30(40)41/h6-8,15-17,23,25,34,42H,5,9-14,18-19H2,1-4H3,(H,40,41). The molecule has 3 N–H and O–H groups in total. The molecule has 1 aliphatic carbocycles. The van der Waals surface area contributed by atoms with Crippen molar-refractivity contribution >= 4 is 34.9 Å². The maximum absolute atomic E-state index is 13.8. The Balaban J connectivity index is 1.36. The van der Waals surface area contributed by atoms with Crippen molar-refractivity contribution in [3.05, 3.63) is 64.2 Å². The quantitative estimate of drug-likeness (QED) is 0.210. The van der Waals surface area contributed by atoms with Crippen LogP contribution in [0.2, 0.25) is 0 Å². The van der Waals surface area contributed by atoms with Gasteiger partial charge in [0.05, 0.1) is 17.9 Å². The lowest BCUT2D eigenvalue weighted by molar-refractivity contribution is -0.138. The van der Waals surface area contributed by atoms with Crippen LogP contribution >= 0.6 is 0 Å². The van der Waals surface area contributed by atoms with Crippen molar-refractivity contribution < 1.29 is 24.6 Å². The second kappa shape index (κ2) is 12.7. The van der Waals surface area contributed by atoms with Crippen LogP contribution in [0.25, 0.3) is 0 Å². The van der Waals surface area contributed by atoms with Gasteiger partial charge in [-0.05, 0) is 118 Å². The fourth-order valence-electron chi connectivity index (χ4n) is 6.13. The minimum atomic E-state index is -0.844. The Morgan fingerprint density at radius 1 is 1.09 bits per heavy atom. The number of nitrogens with one attached hydrogen (secondary N) is 1. The highest BCUT2D eigenvalue weighted by molar-refractivity contribution is 6.56. The zero-order valence-electron chi connectivity index (χ0n) is 25.4. The van der Waals surface area contributed by atoms with Gasteiger partial charge in [-0.3, -0.25) is 29.6 Å². The summed E-state index contributed by atoms with van der Waals surface area (Å²) in [4.78, 5) is 43.5. The average Bonchev–Trinajstić information content (AvgIpc) is 3.80. The third-order valence-corrected chi connectivity index (χ3v) is 8.94. The molecule has 2 amide bonds. The summed E-state index contributed by atoms with van der Waals surface area (Å²) < 4.78 is 0. The molecule has 43 heavy (non-hydrogen) atoms. The summed E-state index contributed by atoms with van der Waals surface area (Å²) in [6.45, 7) is 10.9. The van der Waals surface area contributed by atoms with Gasteiger partial charge in [0, 0.05) is 18.7 Å². The van der Waals surface area contributed by atoms with Crippen LogP contribution in [0, 0.1) is 13.8 Å². The van der Waals surface area contributed by atoms with Crippen LogP contribution in [0.3, 0.4) is 0 Å². The van der Waals surface area contributed by atoms with E-state index >= 15 is 0 Å². The number of anilines is 2. The van der Waals surface area contributed by atoms with Crippen molar-refractivity contribution in [2.24, 2.45) is 5.10 Å². The maximum Gasteiger partial charge on any atom is 0.317 e. The number of nitrogens with zero attached hydrogens (tertiary/aromatic N) is 4. The van der Waals surface area contributed by atoms with E-state index in [0.717, 1.165) is 48.2 Å². The number of carbonyl (C=O) groups excluding carboxylic acids is 2. The number of carbonyl (C=O) groups is 3. The second-order valence-electron chi connectivity index (χ2n) is 11.9. The summed E-state index contributed by atoms with van der Waals surface area (Å²) in [5.41, 5.74) is 8.32. The van der Waals surface area contributed by atoms with E-state index < -0.39 is 17.8 Å². The van der Waals surface area contributed by atoms with Crippen LogP contribution in [0.4, 0.5) is 11.4 Å². The van der Waals surface area contributed by atoms with Crippen molar-refractivity contribution in [3.8, 4) is 5.75 Å². The van der Waals surface area contributed by atoms with Crippen LogP contribution < -0.4 is 10.3 Å². The van der Waals surface area contributed by atoms with E-state index in [4.69, 9.17) is 5.11 Å². The smallest absolute Gasteiger partial charge is 0.317 e. The number of hydrazone groups is 1. The molecule has 0 bridgehead atoms. The summed E-state index contributed by atoms with van der Waals surface area (Å²) in [7, 11) is 0. The first kappa shape index (κ1) is 30.4. The number of likely N-dealkylation sites (tertiary alicyclic amines) is 1. The summed E-state index contributed by atoms with van der Waals surface area (Å²) in [5, 5.41) is 24.6. The van der Waals surface area contributed by atoms with E-state index in [1.165, 1.54) is 23.8 Å². The first-order chi connectivity index (χ1) is 20.6. The summed E-state index contributed by atoms with van der Waals surface area (Å²) >= 11 is 0. The SMILES string of the molecule is CCN(Cc1cc(N2C(=O)C=C(C)C(=NNc3cccc(C4CCN(CC(=O)O)CC4)c3O)C2=O)cc(C)c1C)C1CC1. The van der Waals surface area contributed by atoms with Gasteiger partial charge in [0.1, 0.15) is 5.75 Å². The number of phenols is 1. The van der Waals surface area contributed by atoms with E-state index in [9.17, 15) is 19.5 Å². The average molecular weight is 588 g/mol. The van der Waals surface area contributed by atoms with Crippen molar-refractivity contribution in [2.75, 3.05) is 36.5 Å². The van der Waals surface area contributed by atoms with Crippen molar-refractivity contribution in [2.45, 2.75) is 71.9 Å². The fraction of sp³-hybridized carbons (Fsp3) is 0.455. The minimum Gasteiger partial charge on any atom is -0.505 e. The number of phenolic OH excluding ortho intramolecular Hbond substituents is 1. The zero-order valence-corrected chi connectivity index (χ0v) is 25.4. The number of imide groups is 1. The number of aromatic hydroxyl groups is 1. The highest BCUT2D eigenvalue weighted by atomic mass is 16.4. The van der Waals surface area contributed by atoms with E-state index in [2.05, 4.69) is 29.3 Å². The molecule has 0 unspecified atom stereocenters. The lowest BCUT2D eigenvalue weighted by Crippen LogP contribution is -2.45. The monoisotopic (exact) mass is 587 g/mol. The van der Waals surface area contributed by atoms with Gasteiger partial charge >= 0.3 is 5.97 Å². The molecule has 2 fully saturated rings. The largest absolute Gasteiger partial charge is 0.505 e. The molecule has 1 saturated carbocycles. The number of benzene rings is 2. The molecule has 5 rings (SSSR count). The predicted molar refractivity (Wildman–Crippen MR) is 166 cm³/mol. The minimum absolute atomic E-state index is 0.0132. The number of para-hydroxylation sites is 1. The van der Waals surface area contributed by atoms with Gasteiger partial charge in [-0.2, -0.15) is 5.10 Å². The molecule has 0 atom stereocenters. The molecule has 1 saturated heterocycles. The Bertz CT molecular complexity index is 1490. The molecule has 10 nitrogen and oxygen atoms in total. The molecule has 228 valence electrons. The third kappa shape index (κ3) is 6.65. The molecule has 0 spiro atoms. The number of rotatable bonds is 10. The molecular formula is C33H41N5O5. The van der Waals surface area contributed by atoms with E-state index in [0.29, 0.717) is 36.1 Å². The lowest BCUT2D eigenvalue weighted by Gasteiger charge is -2.31. The predicted octanol–water partition coefficient (Wildman–Crippen LogP) is 4.54. The molecule has 10 heteroatoms. The molecule has 0 radical (unpaired) electrons. The van der Waals surface area contributed by atoms with Gasteiger partial charge in [-0.15, -0.1) is 0 Å². The molecule has 0 aromatic heterocycles. The van der Waals surface area contributed by atoms with Gasteiger partial charge in [0.25, 0.3) is 11.8 Å². The lowest BCUT2D eigenvalue weighted by atomic mass is 9.88. The Kier molecular flexibility index (Phi) is 8.98. The number of amides is 2. The molecule has 2 aliphatic heterocycles. The Hall–Kier alpha value is -4.02. The van der Waals surface area contributed by atoms with Crippen molar-refractivity contribution in [3.63, 3.8) is 0 Å². The summed E-state index contributed by atoms with van der Waals surface area (Å²) in [5.74, 6) is -1.65. The summed E-state index contributed by atoms with van der Waals surface area (Å²) in [6, 6.07) is 9.79. The van der Waals surface area contributed by atoms with Gasteiger partial charge in [0.15, 0.2) is 5.71 Å². The Morgan fingerprint density at radius 2 is 1.81 bits per heavy atom. The molecule has 2 heterocycles. The number of aliphatic carboxylic acids is 1. The van der Waals surface area contributed by atoms with E-state index in [-0.39, 0.29) is 23.9 Å². The molecular weight excluding hydrogens is 546 g/mol. The van der Waals surface area contributed by atoms with Crippen LogP contribution in [0.1, 0.15) is 67.7 Å². The summed E-state index contributed by atoms with van der Waals surface area (Å²) in [6.07, 6.45) is 5.28. The van der Waals surface area contributed by atoms with Crippen molar-refractivity contribution in [1.82, 2.24) is 9.80 Å². The van der Waals surface area contributed by atoms with E-state index in [1.807, 2.05) is 36.1 Å². The van der Waals surface area contributed by atoms with Gasteiger partial charge in [0.2, 0.25) is 0 Å². The number of carboxylic acids is 1. The number of piperidine rings is 1. The first-order valence-corrected chi connectivity index (χ1v) is 15.1. The fourth-order valence-corrected chi connectivity index (χ4v) is 6.13. The number of hydrogen-bond donors (Lipinski definition) is 3. The van der Waals surface area contributed by atoms with Crippen LogP contribution in [-0.2, 0) is 20.9 Å². The van der Waals surface area contributed by atoms with E-state index in [1.54, 1.807) is 13.0 Å². The normalized spacial score (nSPS) is 19.3. The third-order valence-electron chi connectivity index (χ3n) is 8.94. The highest BCUT2D eigenvalue weighted by Crippen LogP contribution is 2.38. The number of aryl methyl sites for hydroxylation is 1. The van der Waals surface area contributed by atoms with Crippen LogP contribution in [0.15, 0.2) is 47.1 Å². The zero-order chi connectivity index (χ0) is 30.8. The molecule has 2 aromatic rings. The maximum atomic E-state index is 13.8. The second-order valence-corrected chi connectivity index (χ2v) is 11.9. The van der Waals surface area contributed by atoms with Gasteiger partial charge in [-0.25, -0.2) is 4.90 Å². The topological polar surface area (TPSA) is 126 Å². The highest BCUT2D eigenvalue weighted by Gasteiger charge is 2.34. The number of carboxylic acid groups (broad SMARTS) is 1. The van der Waals surface area contributed by atoms with Gasteiger partial charge in [-0.1, -0.05) is 19.1 Å². The van der Waals surface area contributed by atoms with Gasteiger partial charge < -0.3 is 10.2 Å². The Labute approximate surface area is 252 Å². The number of hydrogen-bond acceptors (Lipinski definition) is 8. The first-order valence-electron chi connectivity index (χ1n) is 15.1. The van der Waals surface area contributed by atoms with Crippen LogP contribution in [-0.4, -0.2) is 75.7 Å². The molecule has 2 aromatic carbocycles.